The highest BCUT2D eigenvalue weighted by atomic mass is 16.5. The highest BCUT2D eigenvalue weighted by molar-refractivity contribution is 6.09. The van der Waals surface area contributed by atoms with Gasteiger partial charge in [-0.3, -0.25) is 15.0 Å². The van der Waals surface area contributed by atoms with Crippen LogP contribution in [0.5, 0.6) is 5.75 Å². The second kappa shape index (κ2) is 8.23. The molecule has 3 heterocycles. The lowest BCUT2D eigenvalue weighted by Gasteiger charge is -2.33. The van der Waals surface area contributed by atoms with E-state index in [0.717, 1.165) is 29.2 Å². The molecule has 0 radical (unpaired) electrons. The highest BCUT2D eigenvalue weighted by Gasteiger charge is 2.52. The van der Waals surface area contributed by atoms with Gasteiger partial charge in [-0.25, -0.2) is 9.78 Å². The van der Waals surface area contributed by atoms with E-state index in [-0.39, 0.29) is 12.5 Å². The first-order valence-corrected chi connectivity index (χ1v) is 11.1. The molecular weight excluding hydrogens is 422 g/mol. The first-order chi connectivity index (χ1) is 15.9. The number of urea groups is 1. The fourth-order valence-electron chi connectivity index (χ4n) is 4.40. The fraction of sp³-hybridized carbons (Fsp3) is 0.333. The molecule has 0 atom stereocenters. The summed E-state index contributed by atoms with van der Waals surface area (Å²) in [6.45, 7) is 2.43. The Hall–Kier alpha value is -3.88. The van der Waals surface area contributed by atoms with Crippen molar-refractivity contribution in [3.05, 3.63) is 66.1 Å². The molecule has 2 N–H and O–H groups in total. The van der Waals surface area contributed by atoms with Crippen LogP contribution in [0.2, 0.25) is 0 Å². The molecule has 170 valence electrons. The summed E-state index contributed by atoms with van der Waals surface area (Å²) < 4.78 is 7.69. The number of imide groups is 1. The molecule has 1 saturated carbocycles. The van der Waals surface area contributed by atoms with Crippen molar-refractivity contribution in [1.29, 1.82) is 0 Å². The Morgan fingerprint density at radius 1 is 1.18 bits per heavy atom. The summed E-state index contributed by atoms with van der Waals surface area (Å²) in [5, 5.41) is 3.60. The predicted molar refractivity (Wildman–Crippen MR) is 119 cm³/mol. The van der Waals surface area contributed by atoms with Crippen molar-refractivity contribution in [3.8, 4) is 5.75 Å². The summed E-state index contributed by atoms with van der Waals surface area (Å²) in [5.41, 5.74) is 3.49. The monoisotopic (exact) mass is 447 g/mol. The van der Waals surface area contributed by atoms with Crippen molar-refractivity contribution in [2.45, 2.75) is 44.8 Å². The van der Waals surface area contributed by atoms with Crippen LogP contribution in [0, 0.1) is 5.92 Å². The number of fused-ring (bicyclic) bond motifs is 1. The second-order valence-corrected chi connectivity index (χ2v) is 8.79. The normalized spacial score (nSPS) is 22.6. The maximum atomic E-state index is 12.9. The third-order valence-corrected chi connectivity index (χ3v) is 6.42. The van der Waals surface area contributed by atoms with Crippen molar-refractivity contribution in [1.82, 2.24) is 25.1 Å². The minimum absolute atomic E-state index is 0.288. The molecule has 1 saturated heterocycles. The van der Waals surface area contributed by atoms with E-state index in [0.29, 0.717) is 30.1 Å². The molecule has 5 rings (SSSR count). The van der Waals surface area contributed by atoms with Crippen LogP contribution in [0.25, 0.3) is 5.65 Å². The summed E-state index contributed by atoms with van der Waals surface area (Å²) in [5.74, 6) is 0.179. The van der Waals surface area contributed by atoms with Gasteiger partial charge < -0.3 is 14.5 Å². The molecule has 2 aromatic heterocycles. The summed E-state index contributed by atoms with van der Waals surface area (Å²) in [6.07, 6.45) is 6.72. The predicted octanol–water partition coefficient (Wildman–Crippen LogP) is 3.06. The van der Waals surface area contributed by atoms with E-state index in [2.05, 4.69) is 22.7 Å². The summed E-state index contributed by atoms with van der Waals surface area (Å²) in [7, 11) is 0. The zero-order chi connectivity index (χ0) is 23.0. The van der Waals surface area contributed by atoms with E-state index in [1.807, 2.05) is 35.0 Å². The van der Waals surface area contributed by atoms with Gasteiger partial charge in [0, 0.05) is 18.0 Å². The van der Waals surface area contributed by atoms with Crippen LogP contribution < -0.4 is 15.5 Å². The maximum Gasteiger partial charge on any atom is 0.344 e. The molecule has 4 amide bonds. The van der Waals surface area contributed by atoms with Crippen molar-refractivity contribution in [2.75, 3.05) is 0 Å². The lowest BCUT2D eigenvalue weighted by atomic mass is 9.77. The van der Waals surface area contributed by atoms with Gasteiger partial charge in [-0.2, -0.15) is 5.01 Å². The number of carbonyl (C=O) groups is 3. The van der Waals surface area contributed by atoms with Gasteiger partial charge in [-0.15, -0.1) is 0 Å². The Morgan fingerprint density at radius 3 is 2.67 bits per heavy atom. The minimum Gasteiger partial charge on any atom is -0.487 e. The number of hydrazine groups is 1. The molecule has 0 bridgehead atoms. The number of nitrogens with one attached hydrogen (secondary N) is 2. The molecule has 2 fully saturated rings. The number of ether oxygens (including phenoxy) is 1. The third-order valence-electron chi connectivity index (χ3n) is 6.42. The van der Waals surface area contributed by atoms with Gasteiger partial charge in [0.2, 0.25) is 0 Å². The number of nitrogens with zero attached hydrogens (tertiary/aromatic N) is 3. The Kier molecular flexibility index (Phi) is 5.24. The largest absolute Gasteiger partial charge is 0.487 e. The molecule has 1 aliphatic heterocycles. The standard InChI is InChI=1S/C24H25N5O4/c1-16-9-11-24(12-10-16)22(31)29(23(32)26-24)27-21(30)17-5-7-19(8-6-17)33-15-18-14-28-13-3-2-4-20(28)25-18/h2-8,13-14,16H,9-12,15H2,1H3,(H,26,32)(H,27,30). The van der Waals surface area contributed by atoms with E-state index in [1.165, 1.54) is 0 Å². The summed E-state index contributed by atoms with van der Waals surface area (Å²) in [4.78, 5) is 42.5. The van der Waals surface area contributed by atoms with Gasteiger partial charge in [0.1, 0.15) is 23.5 Å². The smallest absolute Gasteiger partial charge is 0.344 e. The van der Waals surface area contributed by atoms with Crippen LogP contribution >= 0.6 is 0 Å². The molecule has 1 aromatic carbocycles. The number of aromatic nitrogens is 2. The van der Waals surface area contributed by atoms with Gasteiger partial charge in [-0.1, -0.05) is 13.0 Å². The van der Waals surface area contributed by atoms with Gasteiger partial charge in [0.25, 0.3) is 11.8 Å². The zero-order valence-corrected chi connectivity index (χ0v) is 18.3. The van der Waals surface area contributed by atoms with Crippen LogP contribution in [0.3, 0.4) is 0 Å². The van der Waals surface area contributed by atoms with Crippen LogP contribution in [0.1, 0.15) is 48.7 Å². The number of pyridine rings is 1. The Labute approximate surface area is 190 Å². The van der Waals surface area contributed by atoms with E-state index in [4.69, 9.17) is 4.74 Å². The van der Waals surface area contributed by atoms with Crippen molar-refractivity contribution < 1.29 is 19.1 Å². The van der Waals surface area contributed by atoms with Crippen LogP contribution in [-0.4, -0.2) is 37.8 Å². The van der Waals surface area contributed by atoms with Gasteiger partial charge >= 0.3 is 6.03 Å². The molecule has 3 aromatic rings. The second-order valence-electron chi connectivity index (χ2n) is 8.79. The molecule has 0 unspecified atom stereocenters. The topological polar surface area (TPSA) is 105 Å². The SMILES string of the molecule is CC1CCC2(CC1)NC(=O)N(NC(=O)c1ccc(OCc3cn4ccccc4n3)cc1)C2=O. The molecule has 1 aliphatic carbocycles. The number of hydrogen-bond acceptors (Lipinski definition) is 5. The maximum absolute atomic E-state index is 12.9. The number of imidazole rings is 1. The quantitative estimate of drug-likeness (QED) is 0.585. The Bertz CT molecular complexity index is 1180. The van der Waals surface area contributed by atoms with E-state index in [9.17, 15) is 14.4 Å². The van der Waals surface area contributed by atoms with E-state index in [1.54, 1.807) is 24.3 Å². The van der Waals surface area contributed by atoms with Crippen molar-refractivity contribution in [2.24, 2.45) is 5.92 Å². The van der Waals surface area contributed by atoms with E-state index < -0.39 is 17.5 Å². The third kappa shape index (κ3) is 4.02. The lowest BCUT2D eigenvalue weighted by molar-refractivity contribution is -0.134. The number of benzene rings is 1. The summed E-state index contributed by atoms with van der Waals surface area (Å²) >= 11 is 0. The number of amides is 4. The molecule has 2 aliphatic rings. The molecule has 33 heavy (non-hydrogen) atoms. The van der Waals surface area contributed by atoms with Crippen LogP contribution in [0.4, 0.5) is 4.79 Å². The molecule has 9 nitrogen and oxygen atoms in total. The minimum atomic E-state index is -0.896. The van der Waals surface area contributed by atoms with Crippen LogP contribution in [0.15, 0.2) is 54.9 Å². The van der Waals surface area contributed by atoms with Gasteiger partial charge in [0.05, 0.1) is 5.69 Å². The lowest BCUT2D eigenvalue weighted by Crippen LogP contribution is -2.51. The highest BCUT2D eigenvalue weighted by Crippen LogP contribution is 2.35. The zero-order valence-electron chi connectivity index (χ0n) is 18.3. The first kappa shape index (κ1) is 21.0. The number of hydrogen-bond donors (Lipinski definition) is 2. The van der Waals surface area contributed by atoms with E-state index >= 15 is 0 Å². The molecule has 1 spiro atoms. The molecule has 9 heteroatoms. The average Bonchev–Trinajstić information content (AvgIpc) is 3.34. The van der Waals surface area contributed by atoms with Crippen molar-refractivity contribution >= 4 is 23.5 Å². The Balaban J connectivity index is 1.20. The number of carbonyl (C=O) groups excluding carboxylic acids is 3. The number of rotatable bonds is 5. The molecular formula is C24H25N5O4. The Morgan fingerprint density at radius 2 is 1.94 bits per heavy atom. The van der Waals surface area contributed by atoms with Crippen LogP contribution in [-0.2, 0) is 11.4 Å². The fourth-order valence-corrected chi connectivity index (χ4v) is 4.40. The first-order valence-electron chi connectivity index (χ1n) is 11.1. The average molecular weight is 447 g/mol. The van der Waals surface area contributed by atoms with Gasteiger partial charge in [-0.05, 0) is 68.0 Å². The summed E-state index contributed by atoms with van der Waals surface area (Å²) in [6, 6.07) is 11.7. The van der Waals surface area contributed by atoms with Gasteiger partial charge in [0.15, 0.2) is 0 Å². The van der Waals surface area contributed by atoms with Crippen molar-refractivity contribution in [3.63, 3.8) is 0 Å².